The minimum Gasteiger partial charge on any atom is -0.362 e. The Bertz CT molecular complexity index is 1120. The van der Waals surface area contributed by atoms with E-state index in [1.807, 2.05) is 0 Å². The molecular weight excluding hydrogens is 684 g/mol. The Morgan fingerprint density at radius 3 is 1.05 bits per heavy atom. The molecule has 1 aliphatic rings. The largest absolute Gasteiger partial charge is 0.512 e. The summed E-state index contributed by atoms with van der Waals surface area (Å²) in [5.41, 5.74) is -24.6. The van der Waals surface area contributed by atoms with Crippen molar-refractivity contribution < 1.29 is 86.4 Å². The number of halogens is 12. The fourth-order valence-corrected chi connectivity index (χ4v) is 5.40. The van der Waals surface area contributed by atoms with Crippen LogP contribution in [0.3, 0.4) is 0 Å². The molecule has 1 heterocycles. The number of sulfonamides is 4. The highest BCUT2D eigenvalue weighted by atomic mass is 32.3. The van der Waals surface area contributed by atoms with Gasteiger partial charge in [0, 0.05) is 26.0 Å². The maximum absolute atomic E-state index is 11.5. The van der Waals surface area contributed by atoms with Crippen LogP contribution in [0.4, 0.5) is 52.7 Å². The van der Waals surface area contributed by atoms with Gasteiger partial charge in [-0.1, -0.05) is 21.6 Å². The van der Waals surface area contributed by atoms with Crippen LogP contribution >= 0.6 is 0 Å². The lowest BCUT2D eigenvalue weighted by molar-refractivity contribution is -0.0487. The van der Waals surface area contributed by atoms with Crippen molar-refractivity contribution in [2.45, 2.75) is 41.8 Å². The molecule has 1 aliphatic heterocycles. The first-order valence-electron chi connectivity index (χ1n) is 9.19. The number of hydrogen-bond acceptors (Lipinski definition) is 10. The predicted octanol–water partition coefficient (Wildman–Crippen LogP) is 2.01. The normalized spacial score (nSPS) is 15.8. The molecule has 0 atom stereocenters. The zero-order chi connectivity index (χ0) is 32.8. The lowest BCUT2D eigenvalue weighted by atomic mass is 10.3. The Morgan fingerprint density at radius 1 is 0.600 bits per heavy atom. The zero-order valence-corrected chi connectivity index (χ0v) is 22.6. The lowest BCUT2D eigenvalue weighted by Gasteiger charge is -2.17. The number of nitrogens with one attached hydrogen (secondary N) is 2. The van der Waals surface area contributed by atoms with Crippen molar-refractivity contribution in [1.82, 2.24) is 18.1 Å². The van der Waals surface area contributed by atoms with Crippen molar-refractivity contribution >= 4 is 40.1 Å². The molecule has 0 aromatic rings. The van der Waals surface area contributed by atoms with Crippen molar-refractivity contribution in [2.24, 2.45) is 0 Å². The molecule has 0 bridgehead atoms. The van der Waals surface area contributed by atoms with Crippen molar-refractivity contribution in [3.63, 3.8) is 0 Å². The summed E-state index contributed by atoms with van der Waals surface area (Å²) in [5.74, 6) is 0. The molecule has 1 rings (SSSR count). The van der Waals surface area contributed by atoms with E-state index in [1.54, 1.807) is 0 Å². The lowest BCUT2D eigenvalue weighted by Crippen LogP contribution is -2.45. The molecule has 28 heteroatoms. The molecule has 2 N–H and O–H groups in total. The molecule has 0 aliphatic carbocycles. The first kappa shape index (κ1) is 40.4. The van der Waals surface area contributed by atoms with Gasteiger partial charge in [0.15, 0.2) is 0 Å². The fourth-order valence-electron chi connectivity index (χ4n) is 1.57. The predicted molar refractivity (Wildman–Crippen MR) is 110 cm³/mol. The standard InChI is InChI=1S/C8H16N2.2C2HF6NO4S2/c1-3-4-5-10-7-6-9(2)8-10;2*3-1(4,5)14(10,11)9-15(12,13)2(6,7)8/h6-7H,3-5,8H2,1-2H3;2*9H. The SMILES string of the molecule is CCCCN1C=CN(C)C1.O=S(=O)(NS(=O)(=O)C(F)(F)F)C(F)(F)F.O=S(=O)(NS(=O)(=O)C(F)(F)F)C(F)(F)F. The number of alkyl halides is 12. The van der Waals surface area contributed by atoms with E-state index in [0.717, 1.165) is 6.67 Å². The van der Waals surface area contributed by atoms with Gasteiger partial charge in [-0.15, -0.1) is 0 Å². The zero-order valence-electron chi connectivity index (χ0n) is 19.3. The molecule has 0 radical (unpaired) electrons. The second kappa shape index (κ2) is 13.5. The molecule has 242 valence electrons. The second-order valence-corrected chi connectivity index (χ2v) is 14.0. The smallest absolute Gasteiger partial charge is 0.362 e. The Labute approximate surface area is 219 Å². The van der Waals surface area contributed by atoms with E-state index in [9.17, 15) is 86.4 Å². The molecule has 0 saturated heterocycles. The third kappa shape index (κ3) is 12.8. The highest BCUT2D eigenvalue weighted by Crippen LogP contribution is 2.28. The first-order valence-corrected chi connectivity index (χ1v) is 15.1. The van der Waals surface area contributed by atoms with Crippen LogP contribution in [0, 0.1) is 0 Å². The minimum atomic E-state index is -6.60. The quantitative estimate of drug-likeness (QED) is 0.375. The van der Waals surface area contributed by atoms with Gasteiger partial charge in [-0.05, 0) is 6.42 Å². The topological polar surface area (TPSA) is 167 Å². The van der Waals surface area contributed by atoms with Gasteiger partial charge >= 0.3 is 62.1 Å². The molecule has 0 amide bonds. The Balaban J connectivity index is 0. The Kier molecular flexibility index (Phi) is 13.6. The average molecular weight is 703 g/mol. The van der Waals surface area contributed by atoms with Gasteiger partial charge in [0.1, 0.15) is 0 Å². The summed E-state index contributed by atoms with van der Waals surface area (Å²) >= 11 is 0. The number of nitrogens with zero attached hydrogens (tertiary/aromatic N) is 2. The third-order valence-corrected chi connectivity index (χ3v) is 9.34. The van der Waals surface area contributed by atoms with Crippen LogP contribution in [0.2, 0.25) is 0 Å². The molecule has 0 fully saturated rings. The van der Waals surface area contributed by atoms with Crippen LogP contribution in [0.25, 0.3) is 0 Å². The number of rotatable bonds is 7. The van der Waals surface area contributed by atoms with Gasteiger partial charge < -0.3 is 9.80 Å². The highest BCUT2D eigenvalue weighted by Gasteiger charge is 2.56. The first-order chi connectivity index (χ1) is 17.2. The Hall–Kier alpha value is -1.78. The molecule has 0 saturated carbocycles. The van der Waals surface area contributed by atoms with Crippen LogP contribution in [0.1, 0.15) is 19.8 Å². The molecule has 12 nitrogen and oxygen atoms in total. The van der Waals surface area contributed by atoms with E-state index in [1.165, 1.54) is 19.4 Å². The van der Waals surface area contributed by atoms with Gasteiger partial charge in [-0.25, -0.2) is 33.7 Å². The van der Waals surface area contributed by atoms with Crippen LogP contribution in [0.5, 0.6) is 0 Å². The van der Waals surface area contributed by atoms with Crippen molar-refractivity contribution in [2.75, 3.05) is 20.3 Å². The summed E-state index contributed by atoms with van der Waals surface area (Å²) in [4.78, 5) is 4.53. The summed E-state index contributed by atoms with van der Waals surface area (Å²) in [5, 5.41) is 0. The second-order valence-electron chi connectivity index (χ2n) is 6.83. The van der Waals surface area contributed by atoms with E-state index in [4.69, 9.17) is 0 Å². The number of hydrogen-bond donors (Lipinski definition) is 2. The van der Waals surface area contributed by atoms with E-state index in [-0.39, 0.29) is 0 Å². The van der Waals surface area contributed by atoms with Crippen molar-refractivity contribution in [3.8, 4) is 0 Å². The molecule has 0 aromatic heterocycles. The summed E-state index contributed by atoms with van der Waals surface area (Å²) in [6.45, 7) is 4.50. The van der Waals surface area contributed by atoms with Gasteiger partial charge in [0.2, 0.25) is 0 Å². The van der Waals surface area contributed by atoms with E-state index in [0.29, 0.717) is 0 Å². The molecule has 40 heavy (non-hydrogen) atoms. The van der Waals surface area contributed by atoms with E-state index in [2.05, 4.69) is 36.2 Å². The van der Waals surface area contributed by atoms with Gasteiger partial charge in [0.25, 0.3) is 0 Å². The van der Waals surface area contributed by atoms with Crippen LogP contribution < -0.4 is 8.25 Å². The van der Waals surface area contributed by atoms with E-state index >= 15 is 0 Å². The summed E-state index contributed by atoms with van der Waals surface area (Å²) in [6, 6.07) is 0. The molecule has 0 aromatic carbocycles. The summed E-state index contributed by atoms with van der Waals surface area (Å²) in [7, 11) is -24.3. The number of unbranched alkanes of at least 4 members (excludes halogenated alkanes) is 1. The van der Waals surface area contributed by atoms with Gasteiger partial charge in [-0.2, -0.15) is 52.7 Å². The van der Waals surface area contributed by atoms with Crippen molar-refractivity contribution in [3.05, 3.63) is 12.4 Å². The van der Waals surface area contributed by atoms with Crippen LogP contribution in [-0.2, 0) is 40.1 Å². The van der Waals surface area contributed by atoms with E-state index < -0.39 is 70.4 Å². The van der Waals surface area contributed by atoms with Gasteiger partial charge in [-0.3, -0.25) is 0 Å². The molecule has 0 unspecified atom stereocenters. The van der Waals surface area contributed by atoms with Crippen molar-refractivity contribution in [1.29, 1.82) is 0 Å². The third-order valence-electron chi connectivity index (χ3n) is 3.39. The highest BCUT2D eigenvalue weighted by molar-refractivity contribution is 8.06. The van der Waals surface area contributed by atoms with Crippen LogP contribution in [-0.4, -0.2) is 85.8 Å². The minimum absolute atomic E-state index is 0.493. The maximum Gasteiger partial charge on any atom is 0.512 e. The average Bonchev–Trinajstić information content (AvgIpc) is 3.07. The summed E-state index contributed by atoms with van der Waals surface area (Å²) in [6.07, 6.45) is 6.87. The summed E-state index contributed by atoms with van der Waals surface area (Å²) < 4.78 is 217. The maximum atomic E-state index is 11.5. The Morgan fingerprint density at radius 2 is 0.875 bits per heavy atom. The fraction of sp³-hybridized carbons (Fsp3) is 0.833. The van der Waals surface area contributed by atoms with Gasteiger partial charge in [0.05, 0.1) is 6.67 Å². The molecular formula is C12H18F12N4O8S4. The molecule has 0 spiro atoms. The monoisotopic (exact) mass is 702 g/mol. The van der Waals surface area contributed by atoms with Crippen LogP contribution in [0.15, 0.2) is 12.4 Å².